The van der Waals surface area contributed by atoms with Gasteiger partial charge in [-0.1, -0.05) is 0 Å². The summed E-state index contributed by atoms with van der Waals surface area (Å²) in [5.41, 5.74) is 4.56. The molecule has 4 rings (SSSR count). The van der Waals surface area contributed by atoms with E-state index in [-0.39, 0.29) is 5.97 Å². The van der Waals surface area contributed by atoms with Crippen molar-refractivity contribution in [3.05, 3.63) is 60.6 Å². The zero-order valence-electron chi connectivity index (χ0n) is 15.3. The molecule has 4 aromatic rings. The molecule has 0 amide bonds. The van der Waals surface area contributed by atoms with Crippen molar-refractivity contribution >= 4 is 28.4 Å². The Hall–Kier alpha value is -3.61. The molecule has 1 N–H and O–H groups in total. The summed E-state index contributed by atoms with van der Waals surface area (Å²) >= 11 is 0. The topological polar surface area (TPSA) is 74.0 Å². The monoisotopic (exact) mass is 361 g/mol. The smallest absolute Gasteiger partial charge is 0.337 e. The van der Waals surface area contributed by atoms with Crippen LogP contribution in [0.1, 0.15) is 10.4 Å². The number of nitrogens with one attached hydrogen (secondary N) is 1. The SMILES string of the molecule is COC(=O)c1ccc(Nc2cc3c(cn2)cc(-c2cnn(C)c2)n3C)cc1. The number of aryl methyl sites for hydroxylation is 2. The summed E-state index contributed by atoms with van der Waals surface area (Å²) in [6.07, 6.45) is 5.69. The lowest BCUT2D eigenvalue weighted by molar-refractivity contribution is 0.0601. The highest BCUT2D eigenvalue weighted by Gasteiger charge is 2.11. The number of aromatic nitrogens is 4. The number of hydrogen-bond donors (Lipinski definition) is 1. The molecule has 3 aromatic heterocycles. The highest BCUT2D eigenvalue weighted by Crippen LogP contribution is 2.28. The lowest BCUT2D eigenvalue weighted by atomic mass is 10.2. The average Bonchev–Trinajstić information content (AvgIpc) is 3.25. The van der Waals surface area contributed by atoms with Crippen LogP contribution in [0.3, 0.4) is 0 Å². The molecule has 0 spiro atoms. The summed E-state index contributed by atoms with van der Waals surface area (Å²) in [6, 6.07) is 11.2. The molecule has 1 aromatic carbocycles. The number of methoxy groups -OCH3 is 1. The van der Waals surface area contributed by atoms with Crippen LogP contribution in [0.2, 0.25) is 0 Å². The number of hydrogen-bond acceptors (Lipinski definition) is 5. The summed E-state index contributed by atoms with van der Waals surface area (Å²) in [5.74, 6) is 0.375. The van der Waals surface area contributed by atoms with E-state index in [0.29, 0.717) is 5.56 Å². The Labute approximate surface area is 156 Å². The summed E-state index contributed by atoms with van der Waals surface area (Å²) in [6.45, 7) is 0. The number of nitrogens with zero attached hydrogens (tertiary/aromatic N) is 4. The van der Waals surface area contributed by atoms with Crippen molar-refractivity contribution in [3.8, 4) is 11.3 Å². The van der Waals surface area contributed by atoms with Crippen molar-refractivity contribution in [2.75, 3.05) is 12.4 Å². The van der Waals surface area contributed by atoms with Crippen LogP contribution in [0.25, 0.3) is 22.2 Å². The second-order valence-electron chi connectivity index (χ2n) is 6.31. The molecule has 0 saturated carbocycles. The highest BCUT2D eigenvalue weighted by molar-refractivity contribution is 5.90. The number of carbonyl (C=O) groups excluding carboxylic acids is 1. The minimum Gasteiger partial charge on any atom is -0.465 e. The Balaban J connectivity index is 1.63. The Bertz CT molecular complexity index is 1130. The van der Waals surface area contributed by atoms with E-state index in [1.807, 2.05) is 50.9 Å². The standard InChI is InChI=1S/C20H19N5O2/c1-24-12-15(11-22-24)17-8-14-10-21-19(9-18(14)25(17)2)23-16-6-4-13(5-7-16)20(26)27-3/h4-12H,1-3H3,(H,21,23). The molecular weight excluding hydrogens is 342 g/mol. The number of ether oxygens (including phenoxy) is 1. The van der Waals surface area contributed by atoms with Gasteiger partial charge in [0, 0.05) is 49.2 Å². The van der Waals surface area contributed by atoms with E-state index >= 15 is 0 Å². The van der Waals surface area contributed by atoms with Gasteiger partial charge in [-0.05, 0) is 30.3 Å². The molecule has 27 heavy (non-hydrogen) atoms. The molecule has 0 unspecified atom stereocenters. The molecular formula is C20H19N5O2. The fourth-order valence-electron chi connectivity index (χ4n) is 3.09. The van der Waals surface area contributed by atoms with Crippen molar-refractivity contribution in [2.24, 2.45) is 14.1 Å². The summed E-state index contributed by atoms with van der Waals surface area (Å²) in [7, 11) is 5.30. The zero-order valence-corrected chi connectivity index (χ0v) is 15.3. The summed E-state index contributed by atoms with van der Waals surface area (Å²) in [5, 5.41) is 8.57. The molecule has 0 aliphatic carbocycles. The van der Waals surface area contributed by atoms with Crippen molar-refractivity contribution < 1.29 is 9.53 Å². The van der Waals surface area contributed by atoms with Crippen LogP contribution >= 0.6 is 0 Å². The molecule has 0 atom stereocenters. The van der Waals surface area contributed by atoms with E-state index in [0.717, 1.165) is 33.7 Å². The van der Waals surface area contributed by atoms with E-state index < -0.39 is 0 Å². The Kier molecular flexibility index (Phi) is 4.12. The number of fused-ring (bicyclic) bond motifs is 1. The fraction of sp³-hybridized carbons (Fsp3) is 0.150. The molecule has 7 heteroatoms. The van der Waals surface area contributed by atoms with Gasteiger partial charge in [0.05, 0.1) is 30.1 Å². The van der Waals surface area contributed by atoms with Gasteiger partial charge in [-0.2, -0.15) is 5.10 Å². The minimum absolute atomic E-state index is 0.354. The predicted octanol–water partition coefficient (Wildman–Crippen LogP) is 3.50. The van der Waals surface area contributed by atoms with Gasteiger partial charge in [0.25, 0.3) is 0 Å². The van der Waals surface area contributed by atoms with Crippen LogP contribution < -0.4 is 5.32 Å². The van der Waals surface area contributed by atoms with Crippen molar-refractivity contribution in [1.82, 2.24) is 19.3 Å². The maximum atomic E-state index is 11.5. The van der Waals surface area contributed by atoms with Gasteiger partial charge in [0.2, 0.25) is 0 Å². The van der Waals surface area contributed by atoms with Gasteiger partial charge in [-0.3, -0.25) is 4.68 Å². The lowest BCUT2D eigenvalue weighted by Gasteiger charge is -2.07. The van der Waals surface area contributed by atoms with Gasteiger partial charge in [-0.15, -0.1) is 0 Å². The van der Waals surface area contributed by atoms with E-state index in [4.69, 9.17) is 4.74 Å². The first-order valence-corrected chi connectivity index (χ1v) is 8.45. The maximum absolute atomic E-state index is 11.5. The number of anilines is 2. The number of carbonyl (C=O) groups is 1. The first-order chi connectivity index (χ1) is 13.0. The van der Waals surface area contributed by atoms with Crippen molar-refractivity contribution in [2.45, 2.75) is 0 Å². The van der Waals surface area contributed by atoms with Crippen LogP contribution in [0.15, 0.2) is 55.0 Å². The molecule has 136 valence electrons. The van der Waals surface area contributed by atoms with Crippen molar-refractivity contribution in [3.63, 3.8) is 0 Å². The zero-order chi connectivity index (χ0) is 19.0. The number of pyridine rings is 1. The van der Waals surface area contributed by atoms with Crippen LogP contribution in [0.4, 0.5) is 11.5 Å². The number of benzene rings is 1. The van der Waals surface area contributed by atoms with Crippen LogP contribution in [-0.2, 0) is 18.8 Å². The first-order valence-electron chi connectivity index (χ1n) is 8.45. The van der Waals surface area contributed by atoms with Gasteiger partial charge in [0.15, 0.2) is 0 Å². The summed E-state index contributed by atoms with van der Waals surface area (Å²) in [4.78, 5) is 16.0. The lowest BCUT2D eigenvalue weighted by Crippen LogP contribution is -2.01. The van der Waals surface area contributed by atoms with E-state index in [2.05, 4.69) is 26.0 Å². The average molecular weight is 361 g/mol. The van der Waals surface area contributed by atoms with Gasteiger partial charge < -0.3 is 14.6 Å². The van der Waals surface area contributed by atoms with Gasteiger partial charge >= 0.3 is 5.97 Å². The highest BCUT2D eigenvalue weighted by atomic mass is 16.5. The van der Waals surface area contributed by atoms with Crippen LogP contribution in [0.5, 0.6) is 0 Å². The molecule has 0 aliphatic heterocycles. The maximum Gasteiger partial charge on any atom is 0.337 e. The van der Waals surface area contributed by atoms with Crippen LogP contribution in [-0.4, -0.2) is 32.4 Å². The predicted molar refractivity (Wildman–Crippen MR) is 104 cm³/mol. The van der Waals surface area contributed by atoms with Gasteiger partial charge in [-0.25, -0.2) is 9.78 Å². The Morgan fingerprint density at radius 1 is 1.11 bits per heavy atom. The molecule has 7 nitrogen and oxygen atoms in total. The van der Waals surface area contributed by atoms with Crippen molar-refractivity contribution in [1.29, 1.82) is 0 Å². The summed E-state index contributed by atoms with van der Waals surface area (Å²) < 4.78 is 8.63. The molecule has 0 radical (unpaired) electrons. The Morgan fingerprint density at radius 3 is 2.56 bits per heavy atom. The number of rotatable bonds is 4. The minimum atomic E-state index is -0.354. The molecule has 0 fully saturated rings. The molecule has 0 bridgehead atoms. The quantitative estimate of drug-likeness (QED) is 0.563. The third kappa shape index (κ3) is 3.15. The van der Waals surface area contributed by atoms with Crippen LogP contribution in [0, 0.1) is 0 Å². The molecule has 3 heterocycles. The largest absolute Gasteiger partial charge is 0.465 e. The second kappa shape index (κ2) is 6.60. The number of esters is 1. The van der Waals surface area contributed by atoms with E-state index in [1.165, 1.54) is 7.11 Å². The Morgan fingerprint density at radius 2 is 1.89 bits per heavy atom. The normalized spacial score (nSPS) is 10.9. The molecule has 0 saturated heterocycles. The fourth-order valence-corrected chi connectivity index (χ4v) is 3.09. The third-order valence-corrected chi connectivity index (χ3v) is 4.51. The second-order valence-corrected chi connectivity index (χ2v) is 6.31. The van der Waals surface area contributed by atoms with E-state index in [1.54, 1.807) is 16.8 Å². The van der Waals surface area contributed by atoms with Gasteiger partial charge in [0.1, 0.15) is 5.82 Å². The first kappa shape index (κ1) is 16.8. The van der Waals surface area contributed by atoms with E-state index in [9.17, 15) is 4.79 Å². The third-order valence-electron chi connectivity index (χ3n) is 4.51. The molecule has 0 aliphatic rings.